The van der Waals surface area contributed by atoms with Crippen LogP contribution in [0, 0.1) is 6.92 Å². The number of carbonyl (C=O) groups is 1. The number of aryl methyl sites for hydroxylation is 1. The average molecular weight is 278 g/mol. The highest BCUT2D eigenvalue weighted by atomic mass is 16.3. The molecule has 0 aliphatic heterocycles. The molecule has 0 spiro atoms. The van der Waals surface area contributed by atoms with Crippen LogP contribution in [0.15, 0.2) is 24.3 Å². The van der Waals surface area contributed by atoms with Gasteiger partial charge in [0.25, 0.3) is 0 Å². The number of hydrogen-bond acceptors (Lipinski definition) is 2. The molecule has 0 heterocycles. The first-order chi connectivity index (χ1) is 9.39. The summed E-state index contributed by atoms with van der Waals surface area (Å²) in [6, 6.07) is 7.90. The van der Waals surface area contributed by atoms with Gasteiger partial charge in [0, 0.05) is 12.0 Å². The van der Waals surface area contributed by atoms with Crippen molar-refractivity contribution in [1.29, 1.82) is 0 Å². The van der Waals surface area contributed by atoms with Crippen molar-refractivity contribution in [3.63, 3.8) is 0 Å². The van der Waals surface area contributed by atoms with E-state index in [1.54, 1.807) is 0 Å². The summed E-state index contributed by atoms with van der Waals surface area (Å²) < 4.78 is 0. The third-order valence-corrected chi connectivity index (χ3v) is 3.54. The van der Waals surface area contributed by atoms with Crippen molar-refractivity contribution in [3.8, 4) is 0 Å². The Hall–Kier alpha value is -1.55. The maximum absolute atomic E-state index is 11.8. The molecular formula is C16H26N2O2. The summed E-state index contributed by atoms with van der Waals surface area (Å²) in [7, 11) is 0. The lowest BCUT2D eigenvalue weighted by Gasteiger charge is -2.26. The Morgan fingerprint density at radius 1 is 1.40 bits per heavy atom. The summed E-state index contributed by atoms with van der Waals surface area (Å²) in [4.78, 5) is 11.8. The first kappa shape index (κ1) is 16.5. The molecule has 0 aliphatic carbocycles. The number of aliphatic hydroxyl groups is 1. The van der Waals surface area contributed by atoms with Crippen molar-refractivity contribution in [2.45, 2.75) is 45.6 Å². The van der Waals surface area contributed by atoms with E-state index in [0.717, 1.165) is 0 Å². The molecule has 4 heteroatoms. The van der Waals surface area contributed by atoms with Crippen LogP contribution < -0.4 is 10.6 Å². The van der Waals surface area contributed by atoms with Crippen LogP contribution in [0.25, 0.3) is 0 Å². The largest absolute Gasteiger partial charge is 0.394 e. The predicted octanol–water partition coefficient (Wildman–Crippen LogP) is 2.34. The molecule has 0 bridgehead atoms. The number of rotatable bonds is 6. The van der Waals surface area contributed by atoms with Crippen LogP contribution in [0.1, 0.15) is 38.3 Å². The molecule has 1 atom stereocenters. The fraction of sp³-hybridized carbons (Fsp3) is 0.562. The van der Waals surface area contributed by atoms with E-state index >= 15 is 0 Å². The summed E-state index contributed by atoms with van der Waals surface area (Å²) in [5, 5.41) is 14.7. The molecule has 1 aromatic rings. The Kier molecular flexibility index (Phi) is 6.02. The van der Waals surface area contributed by atoms with Crippen LogP contribution in [0.2, 0.25) is 0 Å². The molecule has 112 valence electrons. The minimum absolute atomic E-state index is 0.0365. The molecule has 0 saturated heterocycles. The zero-order valence-electron chi connectivity index (χ0n) is 12.9. The fourth-order valence-corrected chi connectivity index (χ4v) is 1.98. The predicted molar refractivity (Wildman–Crippen MR) is 81.9 cm³/mol. The van der Waals surface area contributed by atoms with Gasteiger partial charge in [0.15, 0.2) is 0 Å². The highest BCUT2D eigenvalue weighted by Crippen LogP contribution is 2.22. The highest BCUT2D eigenvalue weighted by Gasteiger charge is 2.21. The molecule has 0 saturated carbocycles. The zero-order valence-corrected chi connectivity index (χ0v) is 12.9. The van der Waals surface area contributed by atoms with Crippen molar-refractivity contribution < 1.29 is 9.90 Å². The lowest BCUT2D eigenvalue weighted by Crippen LogP contribution is -2.47. The third kappa shape index (κ3) is 4.85. The normalized spacial score (nSPS) is 12.8. The molecule has 0 aliphatic rings. The number of carbonyl (C=O) groups excluding carboxylic acids is 1. The summed E-state index contributed by atoms with van der Waals surface area (Å²) >= 11 is 0. The van der Waals surface area contributed by atoms with E-state index < -0.39 is 0 Å². The topological polar surface area (TPSA) is 61.4 Å². The van der Waals surface area contributed by atoms with Gasteiger partial charge < -0.3 is 15.7 Å². The quantitative estimate of drug-likeness (QED) is 0.748. The van der Waals surface area contributed by atoms with Crippen molar-refractivity contribution in [3.05, 3.63) is 35.4 Å². The maximum atomic E-state index is 11.8. The zero-order chi connectivity index (χ0) is 15.2. The summed E-state index contributed by atoms with van der Waals surface area (Å²) in [6.07, 6.45) is 0.713. The van der Waals surface area contributed by atoms with Crippen LogP contribution in [0.4, 0.5) is 4.79 Å². The van der Waals surface area contributed by atoms with Gasteiger partial charge in [-0.2, -0.15) is 0 Å². The first-order valence-electron chi connectivity index (χ1n) is 7.11. The molecule has 1 unspecified atom stereocenters. The van der Waals surface area contributed by atoms with E-state index in [-0.39, 0.29) is 24.1 Å². The van der Waals surface area contributed by atoms with Gasteiger partial charge in [0.05, 0.1) is 12.6 Å². The van der Waals surface area contributed by atoms with Crippen molar-refractivity contribution in [2.75, 3.05) is 13.2 Å². The molecule has 1 rings (SSSR count). The van der Waals surface area contributed by atoms with Gasteiger partial charge in [0.1, 0.15) is 0 Å². The molecule has 0 aromatic heterocycles. The van der Waals surface area contributed by atoms with Gasteiger partial charge >= 0.3 is 6.03 Å². The summed E-state index contributed by atoms with van der Waals surface area (Å²) in [5.74, 6) is 0. The average Bonchev–Trinajstić information content (AvgIpc) is 2.42. The van der Waals surface area contributed by atoms with E-state index in [9.17, 15) is 4.79 Å². The van der Waals surface area contributed by atoms with Crippen LogP contribution in [0.3, 0.4) is 0 Å². The van der Waals surface area contributed by atoms with Crippen molar-refractivity contribution in [2.24, 2.45) is 0 Å². The molecule has 0 fully saturated rings. The minimum atomic E-state index is -0.230. The van der Waals surface area contributed by atoms with Gasteiger partial charge in [-0.3, -0.25) is 0 Å². The number of benzene rings is 1. The van der Waals surface area contributed by atoms with Crippen LogP contribution in [-0.4, -0.2) is 30.3 Å². The van der Waals surface area contributed by atoms with Crippen molar-refractivity contribution in [1.82, 2.24) is 10.6 Å². The lowest BCUT2D eigenvalue weighted by atomic mass is 9.84. The summed E-state index contributed by atoms with van der Waals surface area (Å²) in [6.45, 7) is 8.71. The Balaban J connectivity index is 2.57. The van der Waals surface area contributed by atoms with Gasteiger partial charge in [-0.05, 0) is 18.9 Å². The molecule has 1 aromatic carbocycles. The van der Waals surface area contributed by atoms with Crippen LogP contribution >= 0.6 is 0 Å². The fourth-order valence-electron chi connectivity index (χ4n) is 1.98. The van der Waals surface area contributed by atoms with Gasteiger partial charge in [0.2, 0.25) is 0 Å². The van der Waals surface area contributed by atoms with Crippen LogP contribution in [-0.2, 0) is 5.41 Å². The molecular weight excluding hydrogens is 252 g/mol. The Labute approximate surface area is 121 Å². The third-order valence-electron chi connectivity index (χ3n) is 3.54. The summed E-state index contributed by atoms with van der Waals surface area (Å²) in [5.41, 5.74) is 2.28. The maximum Gasteiger partial charge on any atom is 0.315 e. The molecule has 4 nitrogen and oxygen atoms in total. The monoisotopic (exact) mass is 278 g/mol. The van der Waals surface area contributed by atoms with E-state index in [2.05, 4.69) is 49.6 Å². The lowest BCUT2D eigenvalue weighted by molar-refractivity contribution is 0.213. The number of hydrogen-bond donors (Lipinski definition) is 3. The number of aliphatic hydroxyl groups excluding tert-OH is 1. The van der Waals surface area contributed by atoms with E-state index in [0.29, 0.717) is 13.0 Å². The molecule has 20 heavy (non-hydrogen) atoms. The second-order valence-corrected chi connectivity index (χ2v) is 5.87. The minimum Gasteiger partial charge on any atom is -0.394 e. The smallest absolute Gasteiger partial charge is 0.315 e. The SMILES string of the molecule is CCC(CO)NC(=O)NCC(C)(C)c1cccc(C)c1. The standard InChI is InChI=1S/C16H26N2O2/c1-5-14(10-19)18-15(20)17-11-16(3,4)13-8-6-7-12(2)9-13/h6-9,14,19H,5,10-11H2,1-4H3,(H2,17,18,20). The Morgan fingerprint density at radius 3 is 2.65 bits per heavy atom. The highest BCUT2D eigenvalue weighted by molar-refractivity contribution is 5.74. The Bertz CT molecular complexity index is 440. The second kappa shape index (κ2) is 7.29. The number of urea groups is 1. The van der Waals surface area contributed by atoms with E-state index in [1.165, 1.54) is 11.1 Å². The first-order valence-corrected chi connectivity index (χ1v) is 7.11. The van der Waals surface area contributed by atoms with Gasteiger partial charge in [-0.1, -0.05) is 50.6 Å². The second-order valence-electron chi connectivity index (χ2n) is 5.87. The van der Waals surface area contributed by atoms with Gasteiger partial charge in [-0.25, -0.2) is 4.79 Å². The number of nitrogens with one attached hydrogen (secondary N) is 2. The van der Waals surface area contributed by atoms with E-state index in [4.69, 9.17) is 5.11 Å². The van der Waals surface area contributed by atoms with Crippen LogP contribution in [0.5, 0.6) is 0 Å². The Morgan fingerprint density at radius 2 is 2.10 bits per heavy atom. The molecule has 2 amide bonds. The van der Waals surface area contributed by atoms with Gasteiger partial charge in [-0.15, -0.1) is 0 Å². The number of amides is 2. The van der Waals surface area contributed by atoms with Crippen molar-refractivity contribution >= 4 is 6.03 Å². The molecule has 0 radical (unpaired) electrons. The van der Waals surface area contributed by atoms with E-state index in [1.807, 2.05) is 13.0 Å². The molecule has 3 N–H and O–H groups in total.